The van der Waals surface area contributed by atoms with Gasteiger partial charge < -0.3 is 9.15 Å². The summed E-state index contributed by atoms with van der Waals surface area (Å²) in [6, 6.07) is 4.06. The predicted molar refractivity (Wildman–Crippen MR) is 61.5 cm³/mol. The first kappa shape index (κ1) is 11.3. The molecule has 78 valence electrons. The maximum atomic E-state index is 5.70. The SMILES string of the molecule is C=CCOCc1ccc([Si](C)(C)C)o1. The lowest BCUT2D eigenvalue weighted by molar-refractivity contribution is 0.133. The first-order valence-electron chi connectivity index (χ1n) is 4.82. The highest BCUT2D eigenvalue weighted by molar-refractivity contribution is 6.87. The van der Waals surface area contributed by atoms with E-state index in [2.05, 4.69) is 32.3 Å². The van der Waals surface area contributed by atoms with Crippen LogP contribution in [0.3, 0.4) is 0 Å². The van der Waals surface area contributed by atoms with Gasteiger partial charge in [-0.15, -0.1) is 6.58 Å². The van der Waals surface area contributed by atoms with Gasteiger partial charge in [-0.1, -0.05) is 25.7 Å². The van der Waals surface area contributed by atoms with E-state index in [1.54, 1.807) is 6.08 Å². The molecular weight excluding hydrogens is 192 g/mol. The largest absolute Gasteiger partial charge is 0.469 e. The highest BCUT2D eigenvalue weighted by atomic mass is 28.3. The Kier molecular flexibility index (Phi) is 3.72. The van der Waals surface area contributed by atoms with E-state index in [0.717, 1.165) is 11.1 Å². The molecule has 0 atom stereocenters. The third kappa shape index (κ3) is 3.16. The highest BCUT2D eigenvalue weighted by Gasteiger charge is 2.20. The Bertz CT molecular complexity index is 296. The summed E-state index contributed by atoms with van der Waals surface area (Å²) in [5.41, 5.74) is 0. The van der Waals surface area contributed by atoms with Crippen LogP contribution in [-0.2, 0) is 11.3 Å². The zero-order valence-corrected chi connectivity index (χ0v) is 10.2. The standard InChI is InChI=1S/C11H18O2Si/c1-5-8-12-9-10-6-7-11(13-10)14(2,3)4/h5-7H,1,8-9H2,2-4H3. The third-order valence-electron chi connectivity index (χ3n) is 1.88. The molecule has 0 spiro atoms. The van der Waals surface area contributed by atoms with E-state index < -0.39 is 8.07 Å². The molecule has 1 heterocycles. The maximum absolute atomic E-state index is 5.70. The monoisotopic (exact) mass is 210 g/mol. The molecule has 3 heteroatoms. The summed E-state index contributed by atoms with van der Waals surface area (Å²) in [5, 5.41) is 1.13. The van der Waals surface area contributed by atoms with E-state index in [1.807, 2.05) is 6.07 Å². The van der Waals surface area contributed by atoms with Gasteiger partial charge in [0.1, 0.15) is 20.4 Å². The Morgan fingerprint density at radius 2 is 2.14 bits per heavy atom. The van der Waals surface area contributed by atoms with Crippen molar-refractivity contribution in [3.8, 4) is 0 Å². The molecule has 0 unspecified atom stereocenters. The van der Waals surface area contributed by atoms with Gasteiger partial charge in [0, 0.05) is 0 Å². The Morgan fingerprint density at radius 1 is 1.43 bits per heavy atom. The molecule has 2 nitrogen and oxygen atoms in total. The molecule has 0 fully saturated rings. The van der Waals surface area contributed by atoms with Gasteiger partial charge in [-0.05, 0) is 12.1 Å². The van der Waals surface area contributed by atoms with Crippen molar-refractivity contribution in [2.45, 2.75) is 26.2 Å². The molecule has 1 aromatic heterocycles. The number of rotatable bonds is 5. The van der Waals surface area contributed by atoms with Crippen molar-refractivity contribution in [1.82, 2.24) is 0 Å². The fraction of sp³-hybridized carbons (Fsp3) is 0.455. The molecule has 0 saturated heterocycles. The molecule has 0 aliphatic rings. The van der Waals surface area contributed by atoms with Crippen LogP contribution in [0.5, 0.6) is 0 Å². The Morgan fingerprint density at radius 3 is 2.64 bits per heavy atom. The summed E-state index contributed by atoms with van der Waals surface area (Å²) in [6.07, 6.45) is 1.74. The van der Waals surface area contributed by atoms with Gasteiger partial charge in [0.2, 0.25) is 0 Å². The average Bonchev–Trinajstić information content (AvgIpc) is 2.52. The summed E-state index contributed by atoms with van der Waals surface area (Å²) in [6.45, 7) is 11.5. The van der Waals surface area contributed by atoms with E-state index in [1.165, 1.54) is 0 Å². The van der Waals surface area contributed by atoms with Gasteiger partial charge in [0.25, 0.3) is 0 Å². The Labute approximate surface area is 86.6 Å². The van der Waals surface area contributed by atoms with E-state index in [0.29, 0.717) is 13.2 Å². The lowest BCUT2D eigenvalue weighted by Gasteiger charge is -2.11. The van der Waals surface area contributed by atoms with Crippen LogP contribution in [0.25, 0.3) is 0 Å². The van der Waals surface area contributed by atoms with Crippen molar-refractivity contribution < 1.29 is 9.15 Å². The first-order chi connectivity index (χ1) is 6.54. The molecule has 1 rings (SSSR count). The molecule has 0 N–H and O–H groups in total. The normalized spacial score (nSPS) is 11.6. The highest BCUT2D eigenvalue weighted by Crippen LogP contribution is 2.07. The summed E-state index contributed by atoms with van der Waals surface area (Å²) >= 11 is 0. The van der Waals surface area contributed by atoms with Gasteiger partial charge in [0.15, 0.2) is 0 Å². The summed E-state index contributed by atoms with van der Waals surface area (Å²) in [5.74, 6) is 0.907. The second kappa shape index (κ2) is 4.62. The van der Waals surface area contributed by atoms with Crippen LogP contribution in [0.1, 0.15) is 5.76 Å². The van der Waals surface area contributed by atoms with Crippen molar-refractivity contribution in [1.29, 1.82) is 0 Å². The van der Waals surface area contributed by atoms with Crippen molar-refractivity contribution in [2.24, 2.45) is 0 Å². The van der Waals surface area contributed by atoms with Crippen molar-refractivity contribution in [2.75, 3.05) is 6.61 Å². The maximum Gasteiger partial charge on any atom is 0.129 e. The molecule has 1 aromatic rings. The molecular formula is C11H18O2Si. The molecule has 0 amide bonds. The van der Waals surface area contributed by atoms with Crippen molar-refractivity contribution in [3.63, 3.8) is 0 Å². The molecule has 0 aliphatic carbocycles. The van der Waals surface area contributed by atoms with Crippen molar-refractivity contribution in [3.05, 3.63) is 30.5 Å². The second-order valence-electron chi connectivity index (χ2n) is 4.32. The van der Waals surface area contributed by atoms with Gasteiger partial charge >= 0.3 is 0 Å². The summed E-state index contributed by atoms with van der Waals surface area (Å²) < 4.78 is 11.0. The smallest absolute Gasteiger partial charge is 0.129 e. The summed E-state index contributed by atoms with van der Waals surface area (Å²) in [4.78, 5) is 0. The predicted octanol–water partition coefficient (Wildman–Crippen LogP) is 2.53. The van der Waals surface area contributed by atoms with Gasteiger partial charge in [-0.25, -0.2) is 0 Å². The minimum Gasteiger partial charge on any atom is -0.469 e. The molecule has 0 aliphatic heterocycles. The van der Waals surface area contributed by atoms with E-state index in [9.17, 15) is 0 Å². The molecule has 0 aromatic carbocycles. The van der Waals surface area contributed by atoms with Crippen LogP contribution in [0.4, 0.5) is 0 Å². The average molecular weight is 210 g/mol. The zero-order valence-electron chi connectivity index (χ0n) is 9.17. The van der Waals surface area contributed by atoms with E-state index in [4.69, 9.17) is 9.15 Å². The van der Waals surface area contributed by atoms with Crippen molar-refractivity contribution >= 4 is 13.5 Å². The quantitative estimate of drug-likeness (QED) is 0.423. The van der Waals surface area contributed by atoms with Crippen LogP contribution in [0.2, 0.25) is 19.6 Å². The Balaban J connectivity index is 2.55. The number of hydrogen-bond donors (Lipinski definition) is 0. The van der Waals surface area contributed by atoms with Crippen LogP contribution in [0, 0.1) is 0 Å². The number of hydrogen-bond acceptors (Lipinski definition) is 2. The molecule has 0 saturated carbocycles. The third-order valence-corrected chi connectivity index (χ3v) is 3.63. The van der Waals surface area contributed by atoms with E-state index in [-0.39, 0.29) is 0 Å². The van der Waals surface area contributed by atoms with E-state index >= 15 is 0 Å². The fourth-order valence-corrected chi connectivity index (χ4v) is 2.12. The van der Waals surface area contributed by atoms with Crippen LogP contribution in [0.15, 0.2) is 29.2 Å². The topological polar surface area (TPSA) is 22.4 Å². The minimum absolute atomic E-state index is 0.538. The lowest BCUT2D eigenvalue weighted by Crippen LogP contribution is -2.36. The fourth-order valence-electron chi connectivity index (χ4n) is 1.10. The van der Waals surface area contributed by atoms with Gasteiger partial charge in [0.05, 0.1) is 12.0 Å². The molecule has 0 bridgehead atoms. The first-order valence-corrected chi connectivity index (χ1v) is 8.32. The van der Waals surface area contributed by atoms with Crippen LogP contribution >= 0.6 is 0 Å². The number of furan rings is 1. The van der Waals surface area contributed by atoms with Crippen LogP contribution < -0.4 is 5.38 Å². The molecule has 14 heavy (non-hydrogen) atoms. The van der Waals surface area contributed by atoms with Gasteiger partial charge in [-0.2, -0.15) is 0 Å². The number of ether oxygens (including phenoxy) is 1. The Hall–Kier alpha value is -0.803. The van der Waals surface area contributed by atoms with Crippen LogP contribution in [-0.4, -0.2) is 14.7 Å². The second-order valence-corrected chi connectivity index (χ2v) is 9.31. The zero-order chi connectivity index (χ0) is 10.6. The lowest BCUT2D eigenvalue weighted by atomic mass is 10.5. The molecule has 0 radical (unpaired) electrons. The van der Waals surface area contributed by atoms with Gasteiger partial charge in [-0.3, -0.25) is 0 Å². The summed E-state index contributed by atoms with van der Waals surface area (Å²) in [7, 11) is -1.30. The minimum atomic E-state index is -1.30.